The fourth-order valence-electron chi connectivity index (χ4n) is 2.82. The standard InChI is InChI=1S/C16H26N2O/c1-15(2,3)17-9-7-8-12-10-14(19)18(13(12)11-17)16(4,5)6/h7-8H,9-11H2,1-6H3. The summed E-state index contributed by atoms with van der Waals surface area (Å²) in [5.74, 6) is 0.234. The van der Waals surface area contributed by atoms with E-state index in [1.54, 1.807) is 0 Å². The summed E-state index contributed by atoms with van der Waals surface area (Å²) >= 11 is 0. The van der Waals surface area contributed by atoms with Gasteiger partial charge >= 0.3 is 0 Å². The van der Waals surface area contributed by atoms with Crippen LogP contribution in [0.3, 0.4) is 0 Å². The van der Waals surface area contributed by atoms with Crippen LogP contribution in [0.2, 0.25) is 0 Å². The first-order valence-electron chi connectivity index (χ1n) is 7.07. The summed E-state index contributed by atoms with van der Waals surface area (Å²) in [5.41, 5.74) is 2.37. The molecule has 3 heteroatoms. The highest BCUT2D eigenvalue weighted by Crippen LogP contribution is 2.34. The minimum atomic E-state index is -0.143. The van der Waals surface area contributed by atoms with E-state index in [4.69, 9.17) is 0 Å². The average molecular weight is 262 g/mol. The summed E-state index contributed by atoms with van der Waals surface area (Å²) in [6.07, 6.45) is 4.89. The monoisotopic (exact) mass is 262 g/mol. The lowest BCUT2D eigenvalue weighted by Gasteiger charge is -2.40. The Morgan fingerprint density at radius 2 is 1.68 bits per heavy atom. The third-order valence-corrected chi connectivity index (χ3v) is 3.84. The Morgan fingerprint density at radius 3 is 2.21 bits per heavy atom. The molecule has 19 heavy (non-hydrogen) atoms. The van der Waals surface area contributed by atoms with Crippen molar-refractivity contribution in [3.63, 3.8) is 0 Å². The highest BCUT2D eigenvalue weighted by molar-refractivity contribution is 5.86. The van der Waals surface area contributed by atoms with Crippen molar-refractivity contribution in [2.45, 2.75) is 59.0 Å². The van der Waals surface area contributed by atoms with Crippen LogP contribution in [-0.2, 0) is 4.79 Å². The van der Waals surface area contributed by atoms with E-state index in [-0.39, 0.29) is 17.0 Å². The zero-order valence-electron chi connectivity index (χ0n) is 13.1. The second-order valence-corrected chi connectivity index (χ2v) is 7.50. The summed E-state index contributed by atoms with van der Waals surface area (Å²) in [5, 5.41) is 0. The maximum absolute atomic E-state index is 12.3. The molecule has 0 saturated heterocycles. The number of nitrogens with zero attached hydrogens (tertiary/aromatic N) is 2. The maximum atomic E-state index is 12.3. The topological polar surface area (TPSA) is 23.6 Å². The van der Waals surface area contributed by atoms with Crippen molar-refractivity contribution in [3.05, 3.63) is 23.4 Å². The molecule has 0 aliphatic carbocycles. The van der Waals surface area contributed by atoms with Crippen LogP contribution in [-0.4, -0.2) is 39.9 Å². The van der Waals surface area contributed by atoms with Crippen LogP contribution >= 0.6 is 0 Å². The van der Waals surface area contributed by atoms with Crippen LogP contribution in [0.15, 0.2) is 23.4 Å². The van der Waals surface area contributed by atoms with Gasteiger partial charge in [0.2, 0.25) is 5.91 Å². The van der Waals surface area contributed by atoms with Gasteiger partial charge in [0, 0.05) is 29.9 Å². The van der Waals surface area contributed by atoms with Gasteiger partial charge in [0.1, 0.15) is 0 Å². The molecular formula is C16H26N2O. The molecule has 0 aromatic heterocycles. The van der Waals surface area contributed by atoms with Gasteiger partial charge < -0.3 is 4.90 Å². The van der Waals surface area contributed by atoms with Gasteiger partial charge in [-0.25, -0.2) is 0 Å². The number of hydrogen-bond donors (Lipinski definition) is 0. The van der Waals surface area contributed by atoms with E-state index >= 15 is 0 Å². The van der Waals surface area contributed by atoms with Gasteiger partial charge in [-0.15, -0.1) is 0 Å². The van der Waals surface area contributed by atoms with Crippen LogP contribution in [0.4, 0.5) is 0 Å². The third kappa shape index (κ3) is 2.76. The molecule has 2 aliphatic heterocycles. The summed E-state index contributed by atoms with van der Waals surface area (Å²) in [6, 6.07) is 0. The minimum absolute atomic E-state index is 0.113. The molecule has 2 heterocycles. The Labute approximate surface area is 117 Å². The van der Waals surface area contributed by atoms with Crippen LogP contribution in [0.1, 0.15) is 48.0 Å². The molecule has 0 unspecified atom stereocenters. The van der Waals surface area contributed by atoms with Crippen molar-refractivity contribution in [2.75, 3.05) is 13.1 Å². The molecule has 0 aromatic carbocycles. The number of allylic oxidation sites excluding steroid dienone is 1. The molecule has 0 radical (unpaired) electrons. The summed E-state index contributed by atoms with van der Waals surface area (Å²) in [7, 11) is 0. The van der Waals surface area contributed by atoms with E-state index in [1.165, 1.54) is 11.3 Å². The molecule has 0 atom stereocenters. The van der Waals surface area contributed by atoms with Crippen molar-refractivity contribution in [3.8, 4) is 0 Å². The van der Waals surface area contributed by atoms with Gasteiger partial charge in [-0.3, -0.25) is 9.69 Å². The number of rotatable bonds is 0. The SMILES string of the molecule is CC(C)(C)N1CC=CC2=C(C1)N(C(C)(C)C)C(=O)C2. The average Bonchev–Trinajstić information content (AvgIpc) is 2.40. The number of carbonyl (C=O) groups is 1. The first-order valence-corrected chi connectivity index (χ1v) is 7.07. The zero-order valence-corrected chi connectivity index (χ0v) is 13.1. The molecule has 0 bridgehead atoms. The molecule has 2 rings (SSSR count). The first-order chi connectivity index (χ1) is 8.60. The maximum Gasteiger partial charge on any atom is 0.231 e. The van der Waals surface area contributed by atoms with E-state index in [1.807, 2.05) is 4.90 Å². The van der Waals surface area contributed by atoms with Crippen molar-refractivity contribution in [1.29, 1.82) is 0 Å². The minimum Gasteiger partial charge on any atom is -0.309 e. The van der Waals surface area contributed by atoms with Gasteiger partial charge in [0.25, 0.3) is 0 Å². The molecule has 0 N–H and O–H groups in total. The second kappa shape index (κ2) is 4.48. The Kier molecular flexibility index (Phi) is 3.38. The van der Waals surface area contributed by atoms with Crippen LogP contribution in [0.25, 0.3) is 0 Å². The lowest BCUT2D eigenvalue weighted by Crippen LogP contribution is -2.48. The van der Waals surface area contributed by atoms with Crippen molar-refractivity contribution in [2.24, 2.45) is 0 Å². The molecule has 0 fully saturated rings. The number of hydrogen-bond acceptors (Lipinski definition) is 2. The highest BCUT2D eigenvalue weighted by Gasteiger charge is 2.38. The van der Waals surface area contributed by atoms with E-state index in [2.05, 4.69) is 58.6 Å². The molecule has 0 saturated carbocycles. The molecule has 0 aromatic rings. The van der Waals surface area contributed by atoms with Crippen molar-refractivity contribution >= 4 is 5.91 Å². The molecule has 1 amide bonds. The zero-order chi connectivity index (χ0) is 14.4. The van der Waals surface area contributed by atoms with Gasteiger partial charge in [0.15, 0.2) is 0 Å². The third-order valence-electron chi connectivity index (χ3n) is 3.84. The van der Waals surface area contributed by atoms with E-state index in [9.17, 15) is 4.79 Å². The highest BCUT2D eigenvalue weighted by atomic mass is 16.2. The summed E-state index contributed by atoms with van der Waals surface area (Å²) in [6.45, 7) is 14.8. The molecule has 106 valence electrons. The molecule has 0 spiro atoms. The van der Waals surface area contributed by atoms with E-state index in [0.29, 0.717) is 6.42 Å². The van der Waals surface area contributed by atoms with Crippen molar-refractivity contribution < 1.29 is 4.79 Å². The Balaban J connectivity index is 2.36. The first kappa shape index (κ1) is 14.3. The Hall–Kier alpha value is -1.09. The van der Waals surface area contributed by atoms with Crippen LogP contribution in [0, 0.1) is 0 Å². The molecular weight excluding hydrogens is 236 g/mol. The smallest absolute Gasteiger partial charge is 0.231 e. The fraction of sp³-hybridized carbons (Fsp3) is 0.688. The Bertz CT molecular complexity index is 446. The van der Waals surface area contributed by atoms with Gasteiger partial charge in [-0.05, 0) is 47.1 Å². The van der Waals surface area contributed by atoms with Gasteiger partial charge in [0.05, 0.1) is 6.42 Å². The fourth-order valence-corrected chi connectivity index (χ4v) is 2.82. The molecule has 2 aliphatic rings. The van der Waals surface area contributed by atoms with Crippen molar-refractivity contribution in [1.82, 2.24) is 9.80 Å². The molecule has 3 nitrogen and oxygen atoms in total. The second-order valence-electron chi connectivity index (χ2n) is 7.50. The number of amides is 1. The van der Waals surface area contributed by atoms with Gasteiger partial charge in [-0.1, -0.05) is 12.2 Å². The lowest BCUT2D eigenvalue weighted by molar-refractivity contribution is -0.131. The summed E-state index contributed by atoms with van der Waals surface area (Å²) < 4.78 is 0. The lowest BCUT2D eigenvalue weighted by atomic mass is 10.0. The van der Waals surface area contributed by atoms with Crippen LogP contribution < -0.4 is 0 Å². The van der Waals surface area contributed by atoms with Crippen LogP contribution in [0.5, 0.6) is 0 Å². The van der Waals surface area contributed by atoms with E-state index in [0.717, 1.165) is 13.1 Å². The predicted octanol–water partition coefficient (Wildman–Crippen LogP) is 2.94. The normalized spacial score (nSPS) is 22.0. The summed E-state index contributed by atoms with van der Waals surface area (Å²) in [4.78, 5) is 16.7. The van der Waals surface area contributed by atoms with Gasteiger partial charge in [-0.2, -0.15) is 0 Å². The Morgan fingerprint density at radius 1 is 1.05 bits per heavy atom. The van der Waals surface area contributed by atoms with E-state index < -0.39 is 0 Å². The number of carbonyl (C=O) groups excluding carboxylic acids is 1. The predicted molar refractivity (Wildman–Crippen MR) is 78.7 cm³/mol. The largest absolute Gasteiger partial charge is 0.309 e. The quantitative estimate of drug-likeness (QED) is 0.670.